The highest BCUT2D eigenvalue weighted by Crippen LogP contribution is 2.25. The Kier molecular flexibility index (Phi) is 4.18. The monoisotopic (exact) mass is 278 g/mol. The largest absolute Gasteiger partial charge is 0.489 e. The minimum absolute atomic E-state index is 0.222. The van der Waals surface area contributed by atoms with Crippen molar-refractivity contribution in [3.8, 4) is 11.8 Å². The normalized spacial score (nSPS) is 15.2. The highest BCUT2D eigenvalue weighted by atomic mass is 16.5. The number of hydrogen-bond donors (Lipinski definition) is 1. The topological polar surface area (TPSA) is 45.0 Å². The highest BCUT2D eigenvalue weighted by molar-refractivity contribution is 5.32. The molecular formula is C18H18N2O. The van der Waals surface area contributed by atoms with E-state index in [4.69, 9.17) is 4.74 Å². The summed E-state index contributed by atoms with van der Waals surface area (Å²) in [6.07, 6.45) is 2.35. The predicted octanol–water partition coefficient (Wildman–Crippen LogP) is 3.58. The number of ether oxygens (including phenoxy) is 1. The molecule has 0 amide bonds. The molecule has 1 saturated carbocycles. The Bertz CT molecular complexity index is 612. The van der Waals surface area contributed by atoms with Crippen LogP contribution in [0.4, 0.5) is 0 Å². The molecule has 0 spiro atoms. The Morgan fingerprint density at radius 1 is 1.10 bits per heavy atom. The van der Waals surface area contributed by atoms with Crippen molar-refractivity contribution in [2.24, 2.45) is 0 Å². The van der Waals surface area contributed by atoms with Crippen LogP contribution < -0.4 is 10.1 Å². The van der Waals surface area contributed by atoms with Crippen LogP contribution >= 0.6 is 0 Å². The van der Waals surface area contributed by atoms with Crippen LogP contribution in [0.25, 0.3) is 0 Å². The van der Waals surface area contributed by atoms with Gasteiger partial charge >= 0.3 is 0 Å². The fourth-order valence-corrected chi connectivity index (χ4v) is 2.19. The summed E-state index contributed by atoms with van der Waals surface area (Å²) in [5, 5.41) is 12.6. The van der Waals surface area contributed by atoms with Gasteiger partial charge in [-0.1, -0.05) is 42.5 Å². The third-order valence-electron chi connectivity index (χ3n) is 3.57. The molecule has 2 aromatic rings. The summed E-state index contributed by atoms with van der Waals surface area (Å²) >= 11 is 0. The third-order valence-corrected chi connectivity index (χ3v) is 3.57. The van der Waals surface area contributed by atoms with Gasteiger partial charge in [0.2, 0.25) is 0 Å². The summed E-state index contributed by atoms with van der Waals surface area (Å²) < 4.78 is 5.75. The maximum absolute atomic E-state index is 9.23. The molecule has 0 aromatic heterocycles. The van der Waals surface area contributed by atoms with E-state index in [-0.39, 0.29) is 6.04 Å². The van der Waals surface area contributed by atoms with E-state index in [1.807, 2.05) is 54.6 Å². The number of nitrogens with one attached hydrogen (secondary N) is 1. The zero-order valence-electron chi connectivity index (χ0n) is 11.8. The smallest absolute Gasteiger partial charge is 0.121 e. The molecule has 2 aromatic carbocycles. The van der Waals surface area contributed by atoms with Gasteiger partial charge in [-0.25, -0.2) is 0 Å². The minimum atomic E-state index is -0.222. The Morgan fingerprint density at radius 3 is 2.43 bits per heavy atom. The molecule has 0 heterocycles. The number of rotatable bonds is 6. The van der Waals surface area contributed by atoms with Crippen LogP contribution in [-0.4, -0.2) is 6.04 Å². The maximum Gasteiger partial charge on any atom is 0.121 e. The summed E-state index contributed by atoms with van der Waals surface area (Å²) in [6.45, 7) is 0.558. The van der Waals surface area contributed by atoms with Crippen molar-refractivity contribution in [1.82, 2.24) is 5.32 Å². The van der Waals surface area contributed by atoms with Gasteiger partial charge in [0, 0.05) is 6.04 Å². The lowest BCUT2D eigenvalue weighted by molar-refractivity contribution is 0.306. The van der Waals surface area contributed by atoms with E-state index in [1.54, 1.807) is 0 Å². The average molecular weight is 278 g/mol. The number of nitrogens with zero attached hydrogens (tertiary/aromatic N) is 1. The quantitative estimate of drug-likeness (QED) is 0.878. The van der Waals surface area contributed by atoms with Crippen molar-refractivity contribution >= 4 is 0 Å². The van der Waals surface area contributed by atoms with Crippen molar-refractivity contribution in [3.63, 3.8) is 0 Å². The summed E-state index contributed by atoms with van der Waals surface area (Å²) in [7, 11) is 0. The molecule has 1 atom stereocenters. The Hall–Kier alpha value is -2.31. The first kappa shape index (κ1) is 13.7. The van der Waals surface area contributed by atoms with Crippen LogP contribution in [0.2, 0.25) is 0 Å². The van der Waals surface area contributed by atoms with Gasteiger partial charge in [0.25, 0.3) is 0 Å². The highest BCUT2D eigenvalue weighted by Gasteiger charge is 2.25. The number of benzene rings is 2. The standard InChI is InChI=1S/C18H18N2O/c19-12-18(20-16-8-9-16)15-6-10-17(11-7-15)21-13-14-4-2-1-3-5-14/h1-7,10-11,16,18,20H,8-9,13H2. The fraction of sp³-hybridized carbons (Fsp3) is 0.278. The van der Waals surface area contributed by atoms with Crippen molar-refractivity contribution in [2.45, 2.75) is 31.5 Å². The molecule has 21 heavy (non-hydrogen) atoms. The number of hydrogen-bond acceptors (Lipinski definition) is 3. The van der Waals surface area contributed by atoms with Gasteiger partial charge in [-0.05, 0) is 36.1 Å². The summed E-state index contributed by atoms with van der Waals surface area (Å²) in [5.41, 5.74) is 2.14. The molecule has 1 N–H and O–H groups in total. The van der Waals surface area contributed by atoms with Gasteiger partial charge in [0.15, 0.2) is 0 Å². The summed E-state index contributed by atoms with van der Waals surface area (Å²) in [6, 6.07) is 20.5. The lowest BCUT2D eigenvalue weighted by atomic mass is 10.1. The van der Waals surface area contributed by atoms with Crippen molar-refractivity contribution in [3.05, 3.63) is 65.7 Å². The summed E-state index contributed by atoms with van der Waals surface area (Å²) in [4.78, 5) is 0. The van der Waals surface area contributed by atoms with Crippen LogP contribution in [0, 0.1) is 11.3 Å². The van der Waals surface area contributed by atoms with Gasteiger partial charge in [0.1, 0.15) is 18.4 Å². The molecular weight excluding hydrogens is 260 g/mol. The summed E-state index contributed by atoms with van der Waals surface area (Å²) in [5.74, 6) is 0.825. The van der Waals surface area contributed by atoms with Gasteiger partial charge in [-0.15, -0.1) is 0 Å². The van der Waals surface area contributed by atoms with Gasteiger partial charge in [-0.3, -0.25) is 5.32 Å². The second-order valence-electron chi connectivity index (χ2n) is 5.35. The van der Waals surface area contributed by atoms with Gasteiger partial charge < -0.3 is 4.74 Å². The Labute approximate surface area is 125 Å². The molecule has 106 valence electrons. The molecule has 1 aliphatic carbocycles. The molecule has 0 saturated heterocycles. The van der Waals surface area contributed by atoms with E-state index >= 15 is 0 Å². The van der Waals surface area contributed by atoms with Crippen molar-refractivity contribution in [2.75, 3.05) is 0 Å². The molecule has 0 bridgehead atoms. The van der Waals surface area contributed by atoms with Crippen molar-refractivity contribution < 1.29 is 4.74 Å². The lowest BCUT2D eigenvalue weighted by Crippen LogP contribution is -2.21. The molecule has 1 aliphatic rings. The molecule has 0 aliphatic heterocycles. The van der Waals surface area contributed by atoms with E-state index in [0.717, 1.165) is 16.9 Å². The molecule has 0 radical (unpaired) electrons. The Balaban J connectivity index is 1.59. The van der Waals surface area contributed by atoms with Crippen LogP contribution in [0.1, 0.15) is 30.0 Å². The zero-order valence-corrected chi connectivity index (χ0v) is 11.8. The average Bonchev–Trinajstić information content (AvgIpc) is 3.36. The van der Waals surface area contributed by atoms with Crippen LogP contribution in [0.3, 0.4) is 0 Å². The second kappa shape index (κ2) is 6.43. The molecule has 1 fully saturated rings. The first-order valence-electron chi connectivity index (χ1n) is 7.27. The predicted molar refractivity (Wildman–Crippen MR) is 81.7 cm³/mol. The van der Waals surface area contributed by atoms with E-state index < -0.39 is 0 Å². The zero-order chi connectivity index (χ0) is 14.5. The minimum Gasteiger partial charge on any atom is -0.489 e. The molecule has 3 nitrogen and oxygen atoms in total. The van der Waals surface area contributed by atoms with Crippen LogP contribution in [0.15, 0.2) is 54.6 Å². The maximum atomic E-state index is 9.23. The fourth-order valence-electron chi connectivity index (χ4n) is 2.19. The van der Waals surface area contributed by atoms with E-state index in [2.05, 4.69) is 11.4 Å². The van der Waals surface area contributed by atoms with E-state index in [1.165, 1.54) is 12.8 Å². The molecule has 3 rings (SSSR count). The second-order valence-corrected chi connectivity index (χ2v) is 5.35. The number of nitriles is 1. The van der Waals surface area contributed by atoms with E-state index in [9.17, 15) is 5.26 Å². The third kappa shape index (κ3) is 3.84. The van der Waals surface area contributed by atoms with Gasteiger partial charge in [-0.2, -0.15) is 5.26 Å². The molecule has 3 heteroatoms. The van der Waals surface area contributed by atoms with Crippen LogP contribution in [-0.2, 0) is 6.61 Å². The van der Waals surface area contributed by atoms with Gasteiger partial charge in [0.05, 0.1) is 6.07 Å². The van der Waals surface area contributed by atoms with Crippen molar-refractivity contribution in [1.29, 1.82) is 5.26 Å². The first-order chi connectivity index (χ1) is 10.3. The Morgan fingerprint density at radius 2 is 1.81 bits per heavy atom. The first-order valence-corrected chi connectivity index (χ1v) is 7.27. The van der Waals surface area contributed by atoms with Crippen LogP contribution in [0.5, 0.6) is 5.75 Å². The van der Waals surface area contributed by atoms with E-state index in [0.29, 0.717) is 12.6 Å². The molecule has 1 unspecified atom stereocenters. The SMILES string of the molecule is N#CC(NC1CC1)c1ccc(OCc2ccccc2)cc1. The lowest BCUT2D eigenvalue weighted by Gasteiger charge is -2.12.